The van der Waals surface area contributed by atoms with E-state index in [0.717, 1.165) is 33.4 Å². The lowest BCUT2D eigenvalue weighted by atomic mass is 10.2. The Morgan fingerprint density at radius 3 is 2.81 bits per heavy atom. The Kier molecular flexibility index (Phi) is 3.36. The molecule has 2 aromatic rings. The van der Waals surface area contributed by atoms with Crippen LogP contribution in [-0.4, -0.2) is 0 Å². The number of hydrogen-bond acceptors (Lipinski definition) is 3. The maximum atomic E-state index is 5.90. The normalized spacial score (nSPS) is 10.4. The summed E-state index contributed by atoms with van der Waals surface area (Å²) >= 11 is 7.56. The molecule has 0 aliphatic carbocycles. The lowest BCUT2D eigenvalue weighted by Gasteiger charge is -2.09. The van der Waals surface area contributed by atoms with Crippen LogP contribution in [0, 0.1) is 6.92 Å². The number of thiophene rings is 1. The average Bonchev–Trinajstić information content (AvgIpc) is 2.63. The number of nitrogens with one attached hydrogen (secondary N) is 1. The van der Waals surface area contributed by atoms with E-state index in [1.54, 1.807) is 11.3 Å². The van der Waals surface area contributed by atoms with Crippen LogP contribution in [0.5, 0.6) is 0 Å². The Balaban J connectivity index is 2.08. The van der Waals surface area contributed by atoms with Crippen molar-refractivity contribution in [2.45, 2.75) is 13.5 Å². The lowest BCUT2D eigenvalue weighted by molar-refractivity contribution is 1.18. The molecule has 16 heavy (non-hydrogen) atoms. The molecule has 0 radical (unpaired) electrons. The third kappa shape index (κ3) is 2.49. The molecule has 0 unspecified atom stereocenters. The number of nitrogens with two attached hydrogens (primary N) is 1. The molecule has 2 nitrogen and oxygen atoms in total. The first-order valence-corrected chi connectivity index (χ1v) is 6.24. The topological polar surface area (TPSA) is 38.0 Å². The van der Waals surface area contributed by atoms with E-state index in [0.29, 0.717) is 0 Å². The summed E-state index contributed by atoms with van der Waals surface area (Å²) in [5, 5.41) is 6.12. The highest BCUT2D eigenvalue weighted by Crippen LogP contribution is 2.23. The van der Waals surface area contributed by atoms with Gasteiger partial charge in [-0.2, -0.15) is 0 Å². The molecular formula is C12H13ClN2S. The van der Waals surface area contributed by atoms with Gasteiger partial charge in [0.2, 0.25) is 0 Å². The van der Waals surface area contributed by atoms with Gasteiger partial charge >= 0.3 is 0 Å². The van der Waals surface area contributed by atoms with Gasteiger partial charge in [-0.25, -0.2) is 0 Å². The van der Waals surface area contributed by atoms with Gasteiger partial charge < -0.3 is 11.1 Å². The standard InChI is InChI=1S/C12H13ClN2S/c1-8-6-9(13)2-3-11(8)15-7-12-10(14)4-5-16-12/h2-6,15H,7,14H2,1H3. The summed E-state index contributed by atoms with van der Waals surface area (Å²) < 4.78 is 0. The van der Waals surface area contributed by atoms with Crippen molar-refractivity contribution >= 4 is 34.3 Å². The minimum Gasteiger partial charge on any atom is -0.398 e. The van der Waals surface area contributed by atoms with Gasteiger partial charge in [0.15, 0.2) is 0 Å². The summed E-state index contributed by atoms with van der Waals surface area (Å²) in [5.74, 6) is 0. The molecule has 0 amide bonds. The van der Waals surface area contributed by atoms with Crippen LogP contribution in [0.15, 0.2) is 29.6 Å². The summed E-state index contributed by atoms with van der Waals surface area (Å²) in [5.41, 5.74) is 8.90. The van der Waals surface area contributed by atoms with Gasteiger partial charge in [-0.05, 0) is 42.1 Å². The fraction of sp³-hybridized carbons (Fsp3) is 0.167. The summed E-state index contributed by atoms with van der Waals surface area (Å²) in [6.07, 6.45) is 0. The van der Waals surface area contributed by atoms with Crippen molar-refractivity contribution in [3.05, 3.63) is 45.1 Å². The number of nitrogen functional groups attached to an aromatic ring is 1. The summed E-state index contributed by atoms with van der Waals surface area (Å²) in [7, 11) is 0. The molecular weight excluding hydrogens is 240 g/mol. The first-order valence-electron chi connectivity index (χ1n) is 4.98. The molecule has 0 aliphatic rings. The predicted molar refractivity (Wildman–Crippen MR) is 72.2 cm³/mol. The molecule has 0 spiro atoms. The summed E-state index contributed by atoms with van der Waals surface area (Å²) in [6, 6.07) is 7.74. The number of hydrogen-bond donors (Lipinski definition) is 2. The fourth-order valence-corrected chi connectivity index (χ4v) is 2.46. The zero-order chi connectivity index (χ0) is 11.5. The first-order chi connectivity index (χ1) is 7.66. The Morgan fingerprint density at radius 2 is 2.19 bits per heavy atom. The maximum absolute atomic E-state index is 5.90. The average molecular weight is 253 g/mol. The van der Waals surface area contributed by atoms with E-state index in [-0.39, 0.29) is 0 Å². The molecule has 0 saturated carbocycles. The van der Waals surface area contributed by atoms with Crippen LogP contribution >= 0.6 is 22.9 Å². The van der Waals surface area contributed by atoms with Gasteiger partial charge in [-0.1, -0.05) is 11.6 Å². The number of aryl methyl sites for hydroxylation is 1. The Hall–Kier alpha value is -1.19. The second-order valence-corrected chi connectivity index (χ2v) is 5.05. The highest BCUT2D eigenvalue weighted by molar-refractivity contribution is 7.10. The molecule has 0 atom stereocenters. The molecule has 0 saturated heterocycles. The van der Waals surface area contributed by atoms with Crippen LogP contribution in [0.2, 0.25) is 5.02 Å². The lowest BCUT2D eigenvalue weighted by Crippen LogP contribution is -2.01. The summed E-state index contributed by atoms with van der Waals surface area (Å²) in [6.45, 7) is 2.79. The highest BCUT2D eigenvalue weighted by Gasteiger charge is 2.02. The second kappa shape index (κ2) is 4.76. The molecule has 0 bridgehead atoms. The van der Waals surface area contributed by atoms with E-state index in [1.807, 2.05) is 36.6 Å². The third-order valence-electron chi connectivity index (χ3n) is 2.41. The van der Waals surface area contributed by atoms with Crippen molar-refractivity contribution in [1.82, 2.24) is 0 Å². The van der Waals surface area contributed by atoms with Crippen LogP contribution in [0.25, 0.3) is 0 Å². The number of anilines is 2. The van der Waals surface area contributed by atoms with Crippen molar-refractivity contribution in [3.63, 3.8) is 0 Å². The Morgan fingerprint density at radius 1 is 1.38 bits per heavy atom. The molecule has 4 heteroatoms. The van der Waals surface area contributed by atoms with Crippen molar-refractivity contribution in [2.24, 2.45) is 0 Å². The van der Waals surface area contributed by atoms with Gasteiger partial charge in [0.05, 0.1) is 6.54 Å². The number of rotatable bonds is 3. The Bertz CT molecular complexity index is 494. The SMILES string of the molecule is Cc1cc(Cl)ccc1NCc1sccc1N. The van der Waals surface area contributed by atoms with Crippen molar-refractivity contribution in [2.75, 3.05) is 11.1 Å². The molecule has 84 valence electrons. The molecule has 2 rings (SSSR count). The van der Waals surface area contributed by atoms with Gasteiger partial charge in [0, 0.05) is 21.3 Å². The van der Waals surface area contributed by atoms with E-state index >= 15 is 0 Å². The molecule has 0 aliphatic heterocycles. The molecule has 1 aromatic carbocycles. The van der Waals surface area contributed by atoms with Gasteiger partial charge in [-0.15, -0.1) is 11.3 Å². The van der Waals surface area contributed by atoms with E-state index in [2.05, 4.69) is 5.32 Å². The van der Waals surface area contributed by atoms with Crippen LogP contribution in [0.4, 0.5) is 11.4 Å². The largest absolute Gasteiger partial charge is 0.398 e. The first kappa shape index (κ1) is 11.3. The smallest absolute Gasteiger partial charge is 0.0514 e. The predicted octanol–water partition coefficient (Wildman–Crippen LogP) is 3.90. The van der Waals surface area contributed by atoms with Gasteiger partial charge in [0.1, 0.15) is 0 Å². The monoisotopic (exact) mass is 252 g/mol. The van der Waals surface area contributed by atoms with E-state index < -0.39 is 0 Å². The van der Waals surface area contributed by atoms with Gasteiger partial charge in [0.25, 0.3) is 0 Å². The third-order valence-corrected chi connectivity index (χ3v) is 3.58. The highest BCUT2D eigenvalue weighted by atomic mass is 35.5. The zero-order valence-electron chi connectivity index (χ0n) is 8.96. The van der Waals surface area contributed by atoms with E-state index in [1.165, 1.54) is 0 Å². The van der Waals surface area contributed by atoms with E-state index in [4.69, 9.17) is 17.3 Å². The fourth-order valence-electron chi connectivity index (χ4n) is 1.50. The number of benzene rings is 1. The molecule has 1 aromatic heterocycles. The van der Waals surface area contributed by atoms with Crippen LogP contribution in [0.1, 0.15) is 10.4 Å². The molecule has 0 fully saturated rings. The van der Waals surface area contributed by atoms with E-state index in [9.17, 15) is 0 Å². The van der Waals surface area contributed by atoms with Crippen molar-refractivity contribution in [3.8, 4) is 0 Å². The molecule has 3 N–H and O–H groups in total. The van der Waals surface area contributed by atoms with Crippen LogP contribution in [0.3, 0.4) is 0 Å². The van der Waals surface area contributed by atoms with Crippen molar-refractivity contribution < 1.29 is 0 Å². The van der Waals surface area contributed by atoms with Crippen LogP contribution in [-0.2, 0) is 6.54 Å². The molecule has 1 heterocycles. The zero-order valence-corrected chi connectivity index (χ0v) is 10.5. The second-order valence-electron chi connectivity index (χ2n) is 3.61. The minimum atomic E-state index is 0.756. The van der Waals surface area contributed by atoms with Crippen molar-refractivity contribution in [1.29, 1.82) is 0 Å². The van der Waals surface area contributed by atoms with Crippen LogP contribution < -0.4 is 11.1 Å². The quantitative estimate of drug-likeness (QED) is 0.869. The summed E-state index contributed by atoms with van der Waals surface area (Å²) in [4.78, 5) is 1.16. The minimum absolute atomic E-state index is 0.756. The van der Waals surface area contributed by atoms with Gasteiger partial charge in [-0.3, -0.25) is 0 Å². The number of halogens is 1. The Labute approximate surface area is 104 Å². The maximum Gasteiger partial charge on any atom is 0.0514 e.